The Kier molecular flexibility index (Phi) is 6.15. The summed E-state index contributed by atoms with van der Waals surface area (Å²) in [5.41, 5.74) is 0. The fourth-order valence-corrected chi connectivity index (χ4v) is 4.35. The predicted molar refractivity (Wildman–Crippen MR) is 71.8 cm³/mol. The van der Waals surface area contributed by atoms with Gasteiger partial charge in [0.2, 0.25) is 0 Å². The molecule has 1 heterocycles. The molecule has 0 radical (unpaired) electrons. The van der Waals surface area contributed by atoms with Crippen LogP contribution in [-0.2, 0) is 9.84 Å². The van der Waals surface area contributed by atoms with Gasteiger partial charge in [0.1, 0.15) is 9.84 Å². The molecule has 0 amide bonds. The van der Waals surface area contributed by atoms with Gasteiger partial charge >= 0.3 is 0 Å². The molecule has 96 valence electrons. The average molecular weight is 265 g/mol. The highest BCUT2D eigenvalue weighted by Gasteiger charge is 2.27. The van der Waals surface area contributed by atoms with Crippen molar-refractivity contribution < 1.29 is 8.42 Å². The fourth-order valence-electron chi connectivity index (χ4n) is 1.91. The normalized spacial score (nSPS) is 26.1. The third-order valence-corrected chi connectivity index (χ3v) is 6.09. The van der Waals surface area contributed by atoms with Gasteiger partial charge in [-0.15, -0.1) is 0 Å². The minimum atomic E-state index is -2.79. The van der Waals surface area contributed by atoms with Crippen LogP contribution in [0.5, 0.6) is 0 Å². The van der Waals surface area contributed by atoms with Gasteiger partial charge in [-0.2, -0.15) is 11.8 Å². The number of hydrogen-bond donors (Lipinski definition) is 1. The van der Waals surface area contributed by atoms with Gasteiger partial charge in [-0.1, -0.05) is 13.8 Å². The van der Waals surface area contributed by atoms with E-state index in [1.807, 2.05) is 11.8 Å². The molecule has 1 fully saturated rings. The topological polar surface area (TPSA) is 46.2 Å². The number of nitrogens with one attached hydrogen (secondary N) is 1. The molecule has 0 saturated carbocycles. The van der Waals surface area contributed by atoms with E-state index in [0.717, 1.165) is 30.9 Å². The summed E-state index contributed by atoms with van der Waals surface area (Å²) < 4.78 is 22.9. The molecule has 0 aromatic heterocycles. The number of hydrogen-bond acceptors (Lipinski definition) is 4. The average Bonchev–Trinajstić information content (AvgIpc) is 2.71. The van der Waals surface area contributed by atoms with Crippen LogP contribution in [-0.4, -0.2) is 44.0 Å². The lowest BCUT2D eigenvalue weighted by molar-refractivity contribution is 0.417. The van der Waals surface area contributed by atoms with Crippen molar-refractivity contribution in [1.29, 1.82) is 0 Å². The lowest BCUT2D eigenvalue weighted by Crippen LogP contribution is -2.36. The van der Waals surface area contributed by atoms with Crippen molar-refractivity contribution in [3.05, 3.63) is 0 Å². The SMILES string of the molecule is CCCNC1CSCC1CCS(=O)(=O)CC. The third kappa shape index (κ3) is 4.63. The standard InChI is InChI=1S/C11H23NO2S2/c1-3-6-12-11-9-15-8-10(11)5-7-16(13,14)4-2/h10-12H,3-9H2,1-2H3. The highest BCUT2D eigenvalue weighted by molar-refractivity contribution is 7.99. The number of rotatable bonds is 7. The third-order valence-electron chi connectivity index (χ3n) is 3.09. The minimum Gasteiger partial charge on any atom is -0.313 e. The Labute approximate surface area is 104 Å². The Morgan fingerprint density at radius 1 is 1.31 bits per heavy atom. The quantitative estimate of drug-likeness (QED) is 0.758. The van der Waals surface area contributed by atoms with E-state index in [2.05, 4.69) is 12.2 Å². The molecule has 0 bridgehead atoms. The molecule has 2 atom stereocenters. The summed E-state index contributed by atoms with van der Waals surface area (Å²) in [4.78, 5) is 0. The first-order valence-electron chi connectivity index (χ1n) is 6.10. The molecular weight excluding hydrogens is 242 g/mol. The van der Waals surface area contributed by atoms with Crippen molar-refractivity contribution >= 4 is 21.6 Å². The van der Waals surface area contributed by atoms with Crippen molar-refractivity contribution in [3.63, 3.8) is 0 Å². The van der Waals surface area contributed by atoms with Crippen molar-refractivity contribution in [1.82, 2.24) is 5.32 Å². The molecule has 1 rings (SSSR count). The Morgan fingerprint density at radius 3 is 2.69 bits per heavy atom. The summed E-state index contributed by atoms with van der Waals surface area (Å²) in [6, 6.07) is 0.525. The van der Waals surface area contributed by atoms with Crippen LogP contribution >= 0.6 is 11.8 Å². The molecule has 0 aromatic rings. The molecule has 1 saturated heterocycles. The molecule has 0 aliphatic carbocycles. The second kappa shape index (κ2) is 6.87. The summed E-state index contributed by atoms with van der Waals surface area (Å²) >= 11 is 1.94. The van der Waals surface area contributed by atoms with Gasteiger partial charge in [-0.05, 0) is 31.1 Å². The molecule has 0 aromatic carbocycles. The first-order valence-corrected chi connectivity index (χ1v) is 9.08. The van der Waals surface area contributed by atoms with Crippen LogP contribution in [0.1, 0.15) is 26.7 Å². The Hall–Kier alpha value is 0.260. The van der Waals surface area contributed by atoms with Crippen molar-refractivity contribution in [2.24, 2.45) is 5.92 Å². The lowest BCUT2D eigenvalue weighted by atomic mass is 10.0. The summed E-state index contributed by atoms with van der Waals surface area (Å²) in [6.07, 6.45) is 1.96. The molecule has 1 N–H and O–H groups in total. The summed E-state index contributed by atoms with van der Waals surface area (Å²) in [5, 5.41) is 3.52. The summed E-state index contributed by atoms with van der Waals surface area (Å²) in [5.74, 6) is 3.43. The maximum Gasteiger partial charge on any atom is 0.150 e. The predicted octanol–water partition coefficient (Wildman–Crippen LogP) is 1.54. The van der Waals surface area contributed by atoms with Crippen LogP contribution in [0.25, 0.3) is 0 Å². The zero-order valence-electron chi connectivity index (χ0n) is 10.2. The van der Waals surface area contributed by atoms with Crippen LogP contribution in [0.2, 0.25) is 0 Å². The molecule has 1 aliphatic heterocycles. The van der Waals surface area contributed by atoms with Crippen LogP contribution in [0.15, 0.2) is 0 Å². The Morgan fingerprint density at radius 2 is 2.06 bits per heavy atom. The van der Waals surface area contributed by atoms with Gasteiger partial charge < -0.3 is 5.32 Å². The number of sulfone groups is 1. The van der Waals surface area contributed by atoms with Crippen molar-refractivity contribution in [3.8, 4) is 0 Å². The van der Waals surface area contributed by atoms with Gasteiger partial charge in [-0.3, -0.25) is 0 Å². The second-order valence-corrected chi connectivity index (χ2v) is 7.93. The molecule has 1 aliphatic rings. The molecule has 0 spiro atoms. The van der Waals surface area contributed by atoms with Gasteiger partial charge in [0.05, 0.1) is 5.75 Å². The fraction of sp³-hybridized carbons (Fsp3) is 1.00. The Bertz CT molecular complexity index is 290. The molecule has 3 nitrogen and oxygen atoms in total. The smallest absolute Gasteiger partial charge is 0.150 e. The maximum atomic E-state index is 11.4. The zero-order valence-corrected chi connectivity index (χ0v) is 11.9. The van der Waals surface area contributed by atoms with Crippen LogP contribution < -0.4 is 5.32 Å². The van der Waals surface area contributed by atoms with Gasteiger partial charge in [0, 0.05) is 17.5 Å². The molecule has 2 unspecified atom stereocenters. The monoisotopic (exact) mass is 265 g/mol. The van der Waals surface area contributed by atoms with E-state index in [9.17, 15) is 8.42 Å². The van der Waals surface area contributed by atoms with Gasteiger partial charge in [-0.25, -0.2) is 8.42 Å². The molecule has 5 heteroatoms. The van der Waals surface area contributed by atoms with E-state index in [1.165, 1.54) is 0 Å². The van der Waals surface area contributed by atoms with E-state index >= 15 is 0 Å². The largest absolute Gasteiger partial charge is 0.313 e. The maximum absolute atomic E-state index is 11.4. The van der Waals surface area contributed by atoms with Gasteiger partial charge in [0.15, 0.2) is 0 Å². The van der Waals surface area contributed by atoms with E-state index in [4.69, 9.17) is 0 Å². The highest BCUT2D eigenvalue weighted by atomic mass is 32.2. The first-order chi connectivity index (χ1) is 7.59. The number of thioether (sulfide) groups is 1. The first kappa shape index (κ1) is 14.3. The summed E-state index contributed by atoms with van der Waals surface area (Å²) in [6.45, 7) is 4.93. The lowest BCUT2D eigenvalue weighted by Gasteiger charge is -2.19. The van der Waals surface area contributed by atoms with Crippen molar-refractivity contribution in [2.45, 2.75) is 32.7 Å². The van der Waals surface area contributed by atoms with Crippen LogP contribution in [0.3, 0.4) is 0 Å². The van der Waals surface area contributed by atoms with E-state index < -0.39 is 9.84 Å². The Balaban J connectivity index is 2.35. The van der Waals surface area contributed by atoms with E-state index in [1.54, 1.807) is 6.92 Å². The molecule has 16 heavy (non-hydrogen) atoms. The minimum absolute atomic E-state index is 0.278. The van der Waals surface area contributed by atoms with E-state index in [-0.39, 0.29) is 5.75 Å². The summed E-state index contributed by atoms with van der Waals surface area (Å²) in [7, 11) is -2.79. The second-order valence-electron chi connectivity index (χ2n) is 4.38. The highest BCUT2D eigenvalue weighted by Crippen LogP contribution is 2.27. The van der Waals surface area contributed by atoms with Crippen LogP contribution in [0.4, 0.5) is 0 Å². The van der Waals surface area contributed by atoms with Gasteiger partial charge in [0.25, 0.3) is 0 Å². The molecular formula is C11H23NO2S2. The van der Waals surface area contributed by atoms with Crippen LogP contribution in [0, 0.1) is 5.92 Å². The van der Waals surface area contributed by atoms with E-state index in [0.29, 0.717) is 17.7 Å². The zero-order chi connectivity index (χ0) is 12.0. The van der Waals surface area contributed by atoms with Crippen molar-refractivity contribution in [2.75, 3.05) is 29.6 Å².